The number of ether oxygens (including phenoxy) is 1. The number of amides is 2. The zero-order valence-electron chi connectivity index (χ0n) is 19.0. The molecule has 9 nitrogen and oxygen atoms in total. The summed E-state index contributed by atoms with van der Waals surface area (Å²) in [5.74, 6) is -1.02. The minimum Gasteiger partial charge on any atom is -0.466 e. The van der Waals surface area contributed by atoms with Crippen molar-refractivity contribution in [2.45, 2.75) is 39.7 Å². The molecule has 1 aliphatic heterocycles. The molecule has 1 saturated heterocycles. The molecule has 9 heteroatoms. The largest absolute Gasteiger partial charge is 0.466 e. The Morgan fingerprint density at radius 2 is 1.78 bits per heavy atom. The van der Waals surface area contributed by atoms with Crippen LogP contribution in [0.2, 0.25) is 0 Å². The molecule has 2 aromatic rings. The maximum atomic E-state index is 13.2. The summed E-state index contributed by atoms with van der Waals surface area (Å²) in [6.45, 7) is 6.55. The van der Waals surface area contributed by atoms with Crippen LogP contribution in [0.5, 0.6) is 0 Å². The number of hydrogen-bond acceptors (Lipinski definition) is 6. The predicted octanol–water partition coefficient (Wildman–Crippen LogP) is 1.85. The molecule has 0 atom stereocenters. The average Bonchev–Trinajstić information content (AvgIpc) is 2.79. The first-order valence-corrected chi connectivity index (χ1v) is 11.0. The van der Waals surface area contributed by atoms with Gasteiger partial charge in [0.1, 0.15) is 0 Å². The molecule has 0 unspecified atom stereocenters. The first-order valence-electron chi connectivity index (χ1n) is 11.0. The molecule has 0 aliphatic carbocycles. The van der Waals surface area contributed by atoms with Crippen molar-refractivity contribution in [2.75, 3.05) is 33.3 Å². The standard InChI is InChI=1S/C23H30N4O5/c1-5-32-23(31)16-10-12-26(13-11-16)19(28)14-25(4)22(30)20-17-8-6-7-9-18(17)21(29)27(24-20)15(2)3/h6-9,15-16H,5,10-14H2,1-4H3. The molecule has 0 saturated carbocycles. The van der Waals surface area contributed by atoms with Gasteiger partial charge in [0.15, 0.2) is 5.69 Å². The number of aromatic nitrogens is 2. The van der Waals surface area contributed by atoms with Gasteiger partial charge < -0.3 is 14.5 Å². The van der Waals surface area contributed by atoms with Crippen molar-refractivity contribution in [1.29, 1.82) is 0 Å². The molecule has 0 bridgehead atoms. The van der Waals surface area contributed by atoms with E-state index in [1.165, 1.54) is 9.58 Å². The van der Waals surface area contributed by atoms with E-state index >= 15 is 0 Å². The molecular weight excluding hydrogens is 412 g/mol. The summed E-state index contributed by atoms with van der Waals surface area (Å²) in [4.78, 5) is 53.6. The van der Waals surface area contributed by atoms with Crippen molar-refractivity contribution >= 4 is 28.6 Å². The quantitative estimate of drug-likeness (QED) is 0.633. The molecular formula is C23H30N4O5. The van der Waals surface area contributed by atoms with Gasteiger partial charge in [-0.25, -0.2) is 4.68 Å². The number of carbonyl (C=O) groups excluding carboxylic acids is 3. The SMILES string of the molecule is CCOC(=O)C1CCN(C(=O)CN(C)C(=O)c2nn(C(C)C)c(=O)c3ccccc23)CC1. The number of esters is 1. The number of likely N-dealkylation sites (N-methyl/N-ethyl adjacent to an activating group) is 1. The van der Waals surface area contributed by atoms with Crippen LogP contribution in [-0.2, 0) is 14.3 Å². The Hall–Kier alpha value is -3.23. The normalized spacial score (nSPS) is 14.6. The summed E-state index contributed by atoms with van der Waals surface area (Å²) in [5.41, 5.74) is -0.111. The number of carbonyl (C=O) groups is 3. The van der Waals surface area contributed by atoms with Gasteiger partial charge in [0, 0.05) is 25.5 Å². The lowest BCUT2D eigenvalue weighted by Crippen LogP contribution is -2.46. The topological polar surface area (TPSA) is 102 Å². The Balaban J connectivity index is 1.73. The minimum absolute atomic E-state index is 0.111. The number of nitrogens with zero attached hydrogens (tertiary/aromatic N) is 4. The van der Waals surface area contributed by atoms with Crippen molar-refractivity contribution in [3.63, 3.8) is 0 Å². The highest BCUT2D eigenvalue weighted by molar-refractivity contribution is 6.05. The lowest BCUT2D eigenvalue weighted by Gasteiger charge is -2.32. The van der Waals surface area contributed by atoms with E-state index in [4.69, 9.17) is 4.74 Å². The van der Waals surface area contributed by atoms with E-state index in [2.05, 4.69) is 5.10 Å². The highest BCUT2D eigenvalue weighted by atomic mass is 16.5. The number of benzene rings is 1. The lowest BCUT2D eigenvalue weighted by molar-refractivity contribution is -0.151. The first-order chi connectivity index (χ1) is 15.2. The Bertz CT molecular complexity index is 1070. The zero-order chi connectivity index (χ0) is 23.4. The maximum absolute atomic E-state index is 13.2. The Kier molecular flexibility index (Phi) is 7.27. The van der Waals surface area contributed by atoms with Crippen LogP contribution < -0.4 is 5.56 Å². The van der Waals surface area contributed by atoms with Crippen molar-refractivity contribution in [1.82, 2.24) is 19.6 Å². The summed E-state index contributed by atoms with van der Waals surface area (Å²) >= 11 is 0. The van der Waals surface area contributed by atoms with Gasteiger partial charge in [0.05, 0.1) is 30.5 Å². The van der Waals surface area contributed by atoms with E-state index in [1.807, 2.05) is 13.8 Å². The molecule has 32 heavy (non-hydrogen) atoms. The number of piperidine rings is 1. The van der Waals surface area contributed by atoms with E-state index in [9.17, 15) is 19.2 Å². The fourth-order valence-electron chi connectivity index (χ4n) is 3.89. The highest BCUT2D eigenvalue weighted by Gasteiger charge is 2.29. The smallest absolute Gasteiger partial charge is 0.309 e. The summed E-state index contributed by atoms with van der Waals surface area (Å²) in [7, 11) is 1.55. The molecule has 172 valence electrons. The predicted molar refractivity (Wildman–Crippen MR) is 119 cm³/mol. The summed E-state index contributed by atoms with van der Waals surface area (Å²) in [5, 5.41) is 5.21. The second-order valence-electron chi connectivity index (χ2n) is 8.31. The Labute approximate surface area is 186 Å². The van der Waals surface area contributed by atoms with Crippen LogP contribution in [0.25, 0.3) is 10.8 Å². The number of likely N-dealkylation sites (tertiary alicyclic amines) is 1. The van der Waals surface area contributed by atoms with Crippen LogP contribution in [0.3, 0.4) is 0 Å². The van der Waals surface area contributed by atoms with Crippen LogP contribution in [-0.4, -0.2) is 70.7 Å². The molecule has 3 rings (SSSR count). The van der Waals surface area contributed by atoms with Crippen molar-refractivity contribution in [3.8, 4) is 0 Å². The molecule has 0 spiro atoms. The zero-order valence-corrected chi connectivity index (χ0v) is 19.0. The molecule has 1 aliphatic rings. The molecule has 1 aromatic carbocycles. The van der Waals surface area contributed by atoms with E-state index in [-0.39, 0.29) is 41.6 Å². The highest BCUT2D eigenvalue weighted by Crippen LogP contribution is 2.20. The average molecular weight is 443 g/mol. The molecule has 1 aromatic heterocycles. The van der Waals surface area contributed by atoms with Gasteiger partial charge in [0.25, 0.3) is 11.5 Å². The third kappa shape index (κ3) is 4.81. The Morgan fingerprint density at radius 3 is 2.38 bits per heavy atom. The van der Waals surface area contributed by atoms with Crippen LogP contribution >= 0.6 is 0 Å². The number of hydrogen-bond donors (Lipinski definition) is 0. The summed E-state index contributed by atoms with van der Waals surface area (Å²) in [6.07, 6.45) is 1.10. The Morgan fingerprint density at radius 1 is 1.16 bits per heavy atom. The first kappa shape index (κ1) is 23.4. The summed E-state index contributed by atoms with van der Waals surface area (Å²) < 4.78 is 6.36. The van der Waals surface area contributed by atoms with E-state index in [0.29, 0.717) is 43.3 Å². The van der Waals surface area contributed by atoms with Gasteiger partial charge in [-0.3, -0.25) is 19.2 Å². The van der Waals surface area contributed by atoms with Crippen LogP contribution in [0.4, 0.5) is 0 Å². The molecule has 1 fully saturated rings. The second-order valence-corrected chi connectivity index (χ2v) is 8.31. The van der Waals surface area contributed by atoms with Crippen LogP contribution in [0.1, 0.15) is 50.1 Å². The van der Waals surface area contributed by atoms with Gasteiger partial charge in [-0.15, -0.1) is 0 Å². The van der Waals surface area contributed by atoms with Crippen LogP contribution in [0.15, 0.2) is 29.1 Å². The van der Waals surface area contributed by atoms with Crippen LogP contribution in [0, 0.1) is 5.92 Å². The molecule has 2 amide bonds. The van der Waals surface area contributed by atoms with Gasteiger partial charge in [-0.05, 0) is 39.7 Å². The third-order valence-electron chi connectivity index (χ3n) is 5.71. The number of rotatable bonds is 6. The van der Waals surface area contributed by atoms with Gasteiger partial charge in [-0.1, -0.05) is 18.2 Å². The van der Waals surface area contributed by atoms with Crippen molar-refractivity contribution < 1.29 is 19.1 Å². The van der Waals surface area contributed by atoms with Crippen molar-refractivity contribution in [3.05, 3.63) is 40.3 Å². The van der Waals surface area contributed by atoms with Gasteiger partial charge in [0.2, 0.25) is 5.91 Å². The lowest BCUT2D eigenvalue weighted by atomic mass is 9.97. The third-order valence-corrected chi connectivity index (χ3v) is 5.71. The summed E-state index contributed by atoms with van der Waals surface area (Å²) in [6, 6.07) is 6.64. The monoisotopic (exact) mass is 442 g/mol. The van der Waals surface area contributed by atoms with Gasteiger partial charge >= 0.3 is 5.97 Å². The number of fused-ring (bicyclic) bond motifs is 1. The molecule has 0 N–H and O–H groups in total. The fraction of sp³-hybridized carbons (Fsp3) is 0.522. The van der Waals surface area contributed by atoms with E-state index in [0.717, 1.165) is 0 Å². The van der Waals surface area contributed by atoms with Gasteiger partial charge in [-0.2, -0.15) is 5.10 Å². The van der Waals surface area contributed by atoms with Crippen molar-refractivity contribution in [2.24, 2.45) is 5.92 Å². The molecule has 2 heterocycles. The van der Waals surface area contributed by atoms with E-state index < -0.39 is 5.91 Å². The molecule has 0 radical (unpaired) electrons. The fourth-order valence-corrected chi connectivity index (χ4v) is 3.89. The second kappa shape index (κ2) is 9.93. The minimum atomic E-state index is -0.426. The van der Waals surface area contributed by atoms with E-state index in [1.54, 1.807) is 43.1 Å². The maximum Gasteiger partial charge on any atom is 0.309 e.